The fourth-order valence-corrected chi connectivity index (χ4v) is 3.34. The van der Waals surface area contributed by atoms with Crippen LogP contribution in [0.4, 0.5) is 0 Å². The highest BCUT2D eigenvalue weighted by Crippen LogP contribution is 2.31. The second-order valence-electron chi connectivity index (χ2n) is 6.59. The molecule has 0 aliphatic heterocycles. The number of aliphatic hydroxyl groups is 1. The minimum Gasteiger partial charge on any atom is -1.00 e. The van der Waals surface area contributed by atoms with Gasteiger partial charge in [0.15, 0.2) is 0 Å². The van der Waals surface area contributed by atoms with Crippen molar-refractivity contribution in [3.8, 4) is 0 Å². The average Bonchev–Trinajstić information content (AvgIpc) is 2.72. The van der Waals surface area contributed by atoms with Gasteiger partial charge >= 0.3 is 5.97 Å². The normalized spacial score (nSPS) is 11.6. The lowest BCUT2D eigenvalue weighted by molar-refractivity contribution is -0.923. The smallest absolute Gasteiger partial charge is 0.347 e. The molecule has 0 spiro atoms. The minimum atomic E-state index is -1.80. The SMILES string of the molecule is CC[N+](CC)(CC)CCOC(=O)C(O)(c1ccccc1)c1ccccc1.[I-]. The molecular formula is C22H30INO3. The van der Waals surface area contributed by atoms with Crippen LogP contribution < -0.4 is 24.0 Å². The van der Waals surface area contributed by atoms with Crippen LogP contribution in [0, 0.1) is 0 Å². The number of hydrogen-bond acceptors (Lipinski definition) is 3. The summed E-state index contributed by atoms with van der Waals surface area (Å²) in [5, 5.41) is 11.3. The first-order valence-corrected chi connectivity index (χ1v) is 9.38. The van der Waals surface area contributed by atoms with E-state index in [1.165, 1.54) is 0 Å². The van der Waals surface area contributed by atoms with Crippen molar-refractivity contribution in [1.82, 2.24) is 0 Å². The van der Waals surface area contributed by atoms with Gasteiger partial charge in [0.1, 0.15) is 13.2 Å². The van der Waals surface area contributed by atoms with Crippen LogP contribution in [0.25, 0.3) is 0 Å². The topological polar surface area (TPSA) is 46.5 Å². The quantitative estimate of drug-likeness (QED) is 0.318. The zero-order chi connectivity index (χ0) is 19.0. The monoisotopic (exact) mass is 483 g/mol. The Morgan fingerprint density at radius 2 is 1.30 bits per heavy atom. The third kappa shape index (κ3) is 5.30. The standard InChI is InChI=1S/C22H30NO3.HI/c1-4-23(5-2,6-3)17-18-26-21(24)22(25,19-13-9-7-10-14-19)20-15-11-8-12-16-20;/h7-16,25H,4-6,17-18H2,1-3H3;1H/q+1;/p-1. The Hall–Kier alpha value is -1.44. The Kier molecular flexibility index (Phi) is 9.42. The summed E-state index contributed by atoms with van der Waals surface area (Å²) in [6.45, 7) is 10.5. The molecule has 0 amide bonds. The number of hydrogen-bond donors (Lipinski definition) is 1. The summed E-state index contributed by atoms with van der Waals surface area (Å²) in [6, 6.07) is 17.9. The van der Waals surface area contributed by atoms with Crippen LogP contribution >= 0.6 is 0 Å². The van der Waals surface area contributed by atoms with E-state index in [4.69, 9.17) is 4.74 Å². The minimum absolute atomic E-state index is 0. The maximum absolute atomic E-state index is 12.9. The van der Waals surface area contributed by atoms with Crippen LogP contribution in [-0.2, 0) is 15.1 Å². The third-order valence-corrected chi connectivity index (χ3v) is 5.49. The summed E-state index contributed by atoms with van der Waals surface area (Å²) in [7, 11) is 0. The maximum Gasteiger partial charge on any atom is 0.347 e. The summed E-state index contributed by atoms with van der Waals surface area (Å²) in [5.74, 6) is -0.628. The van der Waals surface area contributed by atoms with E-state index in [1.54, 1.807) is 24.3 Å². The summed E-state index contributed by atoms with van der Waals surface area (Å²) in [4.78, 5) is 12.9. The van der Waals surface area contributed by atoms with E-state index in [0.29, 0.717) is 11.1 Å². The number of ether oxygens (including phenoxy) is 1. The molecule has 0 bridgehead atoms. The zero-order valence-corrected chi connectivity index (χ0v) is 18.6. The van der Waals surface area contributed by atoms with Crippen molar-refractivity contribution in [1.29, 1.82) is 0 Å². The molecule has 1 N–H and O–H groups in total. The second-order valence-corrected chi connectivity index (χ2v) is 6.59. The number of carbonyl (C=O) groups excluding carboxylic acids is 1. The van der Waals surface area contributed by atoms with Crippen molar-refractivity contribution >= 4 is 5.97 Å². The highest BCUT2D eigenvalue weighted by molar-refractivity contribution is 5.85. The molecule has 2 rings (SSSR count). The van der Waals surface area contributed by atoms with Gasteiger partial charge in [-0.05, 0) is 31.9 Å². The van der Waals surface area contributed by atoms with E-state index in [-0.39, 0.29) is 30.6 Å². The van der Waals surface area contributed by atoms with Crippen LogP contribution in [-0.4, -0.2) is 48.3 Å². The molecule has 4 nitrogen and oxygen atoms in total. The van der Waals surface area contributed by atoms with Crippen LogP contribution in [0.1, 0.15) is 31.9 Å². The van der Waals surface area contributed by atoms with Crippen molar-refractivity contribution in [2.45, 2.75) is 26.4 Å². The number of rotatable bonds is 9. The van der Waals surface area contributed by atoms with E-state index in [1.807, 2.05) is 36.4 Å². The molecule has 2 aromatic carbocycles. The largest absolute Gasteiger partial charge is 1.00 e. The first kappa shape index (κ1) is 23.6. The molecule has 0 unspecified atom stereocenters. The van der Waals surface area contributed by atoms with Gasteiger partial charge in [0.05, 0.1) is 19.6 Å². The van der Waals surface area contributed by atoms with E-state index in [2.05, 4.69) is 20.8 Å². The highest BCUT2D eigenvalue weighted by atomic mass is 127. The Bertz CT molecular complexity index is 639. The lowest BCUT2D eigenvalue weighted by Crippen LogP contribution is -3.00. The van der Waals surface area contributed by atoms with Gasteiger partial charge in [-0.1, -0.05) is 60.7 Å². The van der Waals surface area contributed by atoms with Crippen LogP contribution in [0.2, 0.25) is 0 Å². The lowest BCUT2D eigenvalue weighted by Gasteiger charge is -2.36. The molecule has 2 aromatic rings. The summed E-state index contributed by atoms with van der Waals surface area (Å²) in [6.07, 6.45) is 0. The van der Waals surface area contributed by atoms with Crippen molar-refractivity contribution in [2.24, 2.45) is 0 Å². The van der Waals surface area contributed by atoms with Gasteiger partial charge in [0.25, 0.3) is 0 Å². The Balaban J connectivity index is 0.00000364. The number of benzene rings is 2. The van der Waals surface area contributed by atoms with Crippen molar-refractivity contribution < 1.29 is 43.1 Å². The first-order valence-electron chi connectivity index (χ1n) is 9.38. The molecule has 0 fully saturated rings. The van der Waals surface area contributed by atoms with E-state index >= 15 is 0 Å². The predicted octanol–water partition coefficient (Wildman–Crippen LogP) is 0.346. The predicted molar refractivity (Wildman–Crippen MR) is 104 cm³/mol. The van der Waals surface area contributed by atoms with E-state index in [9.17, 15) is 9.90 Å². The number of likely N-dealkylation sites (N-methyl/N-ethyl adjacent to an activating group) is 1. The van der Waals surface area contributed by atoms with Crippen molar-refractivity contribution in [3.05, 3.63) is 71.8 Å². The average molecular weight is 483 g/mol. The molecule has 0 heterocycles. The second kappa shape index (κ2) is 10.8. The van der Waals surface area contributed by atoms with Gasteiger partial charge in [-0.15, -0.1) is 0 Å². The van der Waals surface area contributed by atoms with Gasteiger partial charge in [0.2, 0.25) is 5.60 Å². The lowest BCUT2D eigenvalue weighted by atomic mass is 9.86. The Morgan fingerprint density at radius 3 is 1.67 bits per heavy atom. The fourth-order valence-electron chi connectivity index (χ4n) is 3.34. The zero-order valence-electron chi connectivity index (χ0n) is 16.4. The Labute approximate surface area is 179 Å². The van der Waals surface area contributed by atoms with Crippen LogP contribution in [0.3, 0.4) is 0 Å². The molecule has 0 aromatic heterocycles. The van der Waals surface area contributed by atoms with Gasteiger partial charge in [-0.2, -0.15) is 0 Å². The van der Waals surface area contributed by atoms with Gasteiger partial charge in [-0.25, -0.2) is 4.79 Å². The number of carbonyl (C=O) groups is 1. The van der Waals surface area contributed by atoms with E-state index in [0.717, 1.165) is 30.7 Å². The summed E-state index contributed by atoms with van der Waals surface area (Å²) >= 11 is 0. The number of esters is 1. The van der Waals surface area contributed by atoms with Crippen molar-refractivity contribution in [2.75, 3.05) is 32.8 Å². The highest BCUT2D eigenvalue weighted by Gasteiger charge is 2.41. The van der Waals surface area contributed by atoms with Crippen LogP contribution in [0.15, 0.2) is 60.7 Å². The summed E-state index contributed by atoms with van der Waals surface area (Å²) < 4.78 is 6.46. The molecule has 0 saturated heterocycles. The van der Waals surface area contributed by atoms with Gasteiger partial charge in [-0.3, -0.25) is 0 Å². The van der Waals surface area contributed by atoms with Gasteiger partial charge < -0.3 is 38.3 Å². The molecule has 0 aliphatic carbocycles. The van der Waals surface area contributed by atoms with E-state index < -0.39 is 11.6 Å². The molecule has 148 valence electrons. The third-order valence-electron chi connectivity index (χ3n) is 5.49. The number of halogens is 1. The Morgan fingerprint density at radius 1 is 0.889 bits per heavy atom. The molecule has 0 radical (unpaired) electrons. The molecule has 5 heteroatoms. The fraction of sp³-hybridized carbons (Fsp3) is 0.409. The maximum atomic E-state index is 12.9. The molecular weight excluding hydrogens is 453 g/mol. The molecule has 0 saturated carbocycles. The van der Waals surface area contributed by atoms with Crippen molar-refractivity contribution in [3.63, 3.8) is 0 Å². The molecule has 27 heavy (non-hydrogen) atoms. The first-order chi connectivity index (χ1) is 12.5. The van der Waals surface area contributed by atoms with Gasteiger partial charge in [0, 0.05) is 0 Å². The van der Waals surface area contributed by atoms with Crippen LogP contribution in [0.5, 0.6) is 0 Å². The molecule has 0 aliphatic rings. The molecule has 0 atom stereocenters. The number of quaternary nitrogens is 1. The number of nitrogens with zero attached hydrogens (tertiary/aromatic N) is 1. The summed E-state index contributed by atoms with van der Waals surface area (Å²) in [5.41, 5.74) is -0.778.